The molecule has 0 unspecified atom stereocenters. The Hall–Kier alpha value is -1.23. The number of nitrogens with two attached hydrogens (primary N) is 1. The third-order valence-corrected chi connectivity index (χ3v) is 3.13. The van der Waals surface area contributed by atoms with Gasteiger partial charge in [0.25, 0.3) is 0 Å². The Kier molecular flexibility index (Phi) is 5.98. The van der Waals surface area contributed by atoms with Gasteiger partial charge in [-0.05, 0) is 24.6 Å². The molecule has 1 rings (SSSR count). The molecule has 0 bridgehead atoms. The number of rotatable bonds is 6. The average Bonchev–Trinajstić information content (AvgIpc) is 2.28. The standard InChI is InChI=1S/C13H20BrN3O/c1-3-4-7-16-13(18)9-17(2)12-6-5-10(14)8-11(12)15/h5-6,8H,3-4,7,9,15H2,1-2H3,(H,16,18). The normalized spacial score (nSPS) is 10.2. The summed E-state index contributed by atoms with van der Waals surface area (Å²) in [6, 6.07) is 5.65. The van der Waals surface area contributed by atoms with Crippen molar-refractivity contribution in [2.45, 2.75) is 19.8 Å². The zero-order chi connectivity index (χ0) is 13.5. The fraction of sp³-hybridized carbons (Fsp3) is 0.462. The van der Waals surface area contributed by atoms with Gasteiger partial charge in [0.15, 0.2) is 0 Å². The summed E-state index contributed by atoms with van der Waals surface area (Å²) in [5, 5.41) is 2.88. The van der Waals surface area contributed by atoms with E-state index in [-0.39, 0.29) is 5.91 Å². The molecule has 1 aromatic carbocycles. The highest BCUT2D eigenvalue weighted by Crippen LogP contribution is 2.25. The SMILES string of the molecule is CCCCNC(=O)CN(C)c1ccc(Br)cc1N. The minimum absolute atomic E-state index is 0.0215. The second kappa shape index (κ2) is 7.26. The molecule has 0 aliphatic carbocycles. The smallest absolute Gasteiger partial charge is 0.239 e. The fourth-order valence-corrected chi connectivity index (χ4v) is 2.01. The Balaban J connectivity index is 2.54. The lowest BCUT2D eigenvalue weighted by molar-refractivity contribution is -0.119. The predicted molar refractivity (Wildman–Crippen MR) is 79.7 cm³/mol. The van der Waals surface area contributed by atoms with Gasteiger partial charge in [0.1, 0.15) is 0 Å². The molecule has 0 saturated heterocycles. The van der Waals surface area contributed by atoms with Gasteiger partial charge in [-0.1, -0.05) is 29.3 Å². The van der Waals surface area contributed by atoms with Gasteiger partial charge in [0.2, 0.25) is 5.91 Å². The highest BCUT2D eigenvalue weighted by Gasteiger charge is 2.09. The van der Waals surface area contributed by atoms with Crippen LogP contribution in [0.25, 0.3) is 0 Å². The lowest BCUT2D eigenvalue weighted by Gasteiger charge is -2.20. The second-order valence-electron chi connectivity index (χ2n) is 4.26. The van der Waals surface area contributed by atoms with Crippen molar-refractivity contribution in [2.24, 2.45) is 0 Å². The summed E-state index contributed by atoms with van der Waals surface area (Å²) in [6.45, 7) is 3.15. The van der Waals surface area contributed by atoms with Gasteiger partial charge in [-0.25, -0.2) is 0 Å². The van der Waals surface area contributed by atoms with Gasteiger partial charge in [-0.3, -0.25) is 4.79 Å². The van der Waals surface area contributed by atoms with Crippen LogP contribution in [0.3, 0.4) is 0 Å². The molecule has 1 amide bonds. The molecule has 5 heteroatoms. The number of nitrogens with zero attached hydrogens (tertiary/aromatic N) is 1. The molecule has 1 aromatic rings. The number of carbonyl (C=O) groups is 1. The van der Waals surface area contributed by atoms with Crippen molar-refractivity contribution in [3.8, 4) is 0 Å². The van der Waals surface area contributed by atoms with Crippen LogP contribution in [0.5, 0.6) is 0 Å². The largest absolute Gasteiger partial charge is 0.397 e. The van der Waals surface area contributed by atoms with E-state index in [2.05, 4.69) is 28.2 Å². The van der Waals surface area contributed by atoms with Crippen molar-refractivity contribution in [2.75, 3.05) is 30.8 Å². The first kappa shape index (κ1) is 14.8. The number of halogens is 1. The van der Waals surface area contributed by atoms with E-state index in [0.29, 0.717) is 12.2 Å². The first-order valence-corrected chi connectivity index (χ1v) is 6.86. The highest BCUT2D eigenvalue weighted by molar-refractivity contribution is 9.10. The van der Waals surface area contributed by atoms with Crippen molar-refractivity contribution in [1.82, 2.24) is 5.32 Å². The summed E-state index contributed by atoms with van der Waals surface area (Å²) < 4.78 is 0.935. The van der Waals surface area contributed by atoms with Crippen LogP contribution in [-0.4, -0.2) is 26.0 Å². The third-order valence-electron chi connectivity index (χ3n) is 2.63. The van der Waals surface area contributed by atoms with Crippen LogP contribution in [-0.2, 0) is 4.79 Å². The first-order chi connectivity index (χ1) is 8.54. The number of nitrogen functional groups attached to an aromatic ring is 1. The van der Waals surface area contributed by atoms with E-state index in [0.717, 1.165) is 29.5 Å². The molecule has 100 valence electrons. The summed E-state index contributed by atoms with van der Waals surface area (Å²) in [5.74, 6) is 0.0215. The van der Waals surface area contributed by atoms with Crippen molar-refractivity contribution in [1.29, 1.82) is 0 Å². The number of benzene rings is 1. The van der Waals surface area contributed by atoms with Gasteiger partial charge in [0, 0.05) is 18.1 Å². The predicted octanol–water partition coefficient (Wildman–Crippen LogP) is 2.38. The lowest BCUT2D eigenvalue weighted by Crippen LogP contribution is -2.35. The van der Waals surface area contributed by atoms with Gasteiger partial charge in [-0.15, -0.1) is 0 Å². The van der Waals surface area contributed by atoms with E-state index < -0.39 is 0 Å². The molecule has 0 aliphatic rings. The molecule has 4 nitrogen and oxygen atoms in total. The van der Waals surface area contributed by atoms with Crippen molar-refractivity contribution < 1.29 is 4.79 Å². The summed E-state index contributed by atoms with van der Waals surface area (Å²) in [7, 11) is 1.86. The van der Waals surface area contributed by atoms with Crippen molar-refractivity contribution in [3.05, 3.63) is 22.7 Å². The number of anilines is 2. The second-order valence-corrected chi connectivity index (χ2v) is 5.18. The quantitative estimate of drug-likeness (QED) is 0.626. The number of amides is 1. The van der Waals surface area contributed by atoms with Crippen LogP contribution >= 0.6 is 15.9 Å². The Morgan fingerprint density at radius 1 is 1.50 bits per heavy atom. The maximum absolute atomic E-state index is 11.7. The summed E-state index contributed by atoms with van der Waals surface area (Å²) >= 11 is 3.36. The van der Waals surface area contributed by atoms with Crippen LogP contribution in [0.4, 0.5) is 11.4 Å². The monoisotopic (exact) mass is 313 g/mol. The summed E-state index contributed by atoms with van der Waals surface area (Å²) in [4.78, 5) is 13.5. The minimum atomic E-state index is 0.0215. The number of carbonyl (C=O) groups excluding carboxylic acids is 1. The van der Waals surface area contributed by atoms with E-state index in [1.165, 1.54) is 0 Å². The molecule has 0 heterocycles. The van der Waals surface area contributed by atoms with Crippen LogP contribution in [0.2, 0.25) is 0 Å². The maximum atomic E-state index is 11.7. The topological polar surface area (TPSA) is 58.4 Å². The van der Waals surface area contributed by atoms with E-state index in [4.69, 9.17) is 5.73 Å². The van der Waals surface area contributed by atoms with Crippen molar-refractivity contribution in [3.63, 3.8) is 0 Å². The molecule has 0 aliphatic heterocycles. The fourth-order valence-electron chi connectivity index (χ4n) is 1.63. The Labute approximate surface area is 117 Å². The molecule has 0 radical (unpaired) electrons. The van der Waals surface area contributed by atoms with E-state index in [1.807, 2.05) is 30.1 Å². The Morgan fingerprint density at radius 2 is 2.22 bits per heavy atom. The average molecular weight is 314 g/mol. The number of hydrogen-bond acceptors (Lipinski definition) is 3. The van der Waals surface area contributed by atoms with Crippen LogP contribution in [0.1, 0.15) is 19.8 Å². The molecule has 0 spiro atoms. The summed E-state index contributed by atoms with van der Waals surface area (Å²) in [5.41, 5.74) is 7.44. The number of nitrogens with one attached hydrogen (secondary N) is 1. The molecule has 0 fully saturated rings. The number of likely N-dealkylation sites (N-methyl/N-ethyl adjacent to an activating group) is 1. The summed E-state index contributed by atoms with van der Waals surface area (Å²) in [6.07, 6.45) is 2.09. The molecule has 0 saturated carbocycles. The van der Waals surface area contributed by atoms with Gasteiger partial charge < -0.3 is 16.0 Å². The lowest BCUT2D eigenvalue weighted by atomic mass is 10.2. The molecule has 0 atom stereocenters. The van der Waals surface area contributed by atoms with Crippen molar-refractivity contribution >= 4 is 33.2 Å². The van der Waals surface area contributed by atoms with Crippen LogP contribution in [0.15, 0.2) is 22.7 Å². The van der Waals surface area contributed by atoms with Crippen LogP contribution < -0.4 is 16.0 Å². The van der Waals surface area contributed by atoms with Crippen LogP contribution in [0, 0.1) is 0 Å². The maximum Gasteiger partial charge on any atom is 0.239 e. The first-order valence-electron chi connectivity index (χ1n) is 6.07. The third kappa shape index (κ3) is 4.56. The molecular weight excluding hydrogens is 294 g/mol. The number of hydrogen-bond donors (Lipinski definition) is 2. The van der Waals surface area contributed by atoms with E-state index in [9.17, 15) is 4.79 Å². The van der Waals surface area contributed by atoms with E-state index >= 15 is 0 Å². The minimum Gasteiger partial charge on any atom is -0.397 e. The Morgan fingerprint density at radius 3 is 2.83 bits per heavy atom. The highest BCUT2D eigenvalue weighted by atomic mass is 79.9. The molecular formula is C13H20BrN3O. The zero-order valence-corrected chi connectivity index (χ0v) is 12.5. The molecule has 3 N–H and O–H groups in total. The van der Waals surface area contributed by atoms with E-state index in [1.54, 1.807) is 0 Å². The van der Waals surface area contributed by atoms with Gasteiger partial charge in [0.05, 0.1) is 17.9 Å². The molecule has 18 heavy (non-hydrogen) atoms. The van der Waals surface area contributed by atoms with Gasteiger partial charge in [-0.2, -0.15) is 0 Å². The zero-order valence-electron chi connectivity index (χ0n) is 10.9. The van der Waals surface area contributed by atoms with Gasteiger partial charge >= 0.3 is 0 Å². The Bertz CT molecular complexity index is 409. The molecule has 0 aromatic heterocycles. The number of unbranched alkanes of at least 4 members (excludes halogenated alkanes) is 1.